The molecule has 0 saturated carbocycles. The molecule has 0 fully saturated rings. The number of Topliss-reactive ketones (excluding diaryl/α,β-unsaturated/α-hetero) is 1. The van der Waals surface area contributed by atoms with Crippen LogP contribution in [0.15, 0.2) is 52.9 Å². The van der Waals surface area contributed by atoms with Gasteiger partial charge in [0, 0.05) is 12.1 Å². The van der Waals surface area contributed by atoms with Crippen molar-refractivity contribution in [1.29, 1.82) is 0 Å². The summed E-state index contributed by atoms with van der Waals surface area (Å²) in [5.41, 5.74) is 0.304. The number of ether oxygens (including phenoxy) is 1. The van der Waals surface area contributed by atoms with Gasteiger partial charge in [0.15, 0.2) is 6.10 Å². The van der Waals surface area contributed by atoms with E-state index in [1.807, 2.05) is 6.07 Å². The molecule has 0 aliphatic carbocycles. The van der Waals surface area contributed by atoms with Gasteiger partial charge in [-0.3, -0.25) is 19.0 Å². The summed E-state index contributed by atoms with van der Waals surface area (Å²) < 4.78 is 6.55. The number of rotatable bonds is 6. The van der Waals surface area contributed by atoms with Crippen LogP contribution in [0.4, 0.5) is 0 Å². The number of hydrogen-bond donors (Lipinski definition) is 0. The Bertz CT molecular complexity index is 962. The first-order valence-electron chi connectivity index (χ1n) is 7.77. The number of aryl methyl sites for hydroxylation is 1. The van der Waals surface area contributed by atoms with Crippen molar-refractivity contribution in [3.63, 3.8) is 0 Å². The number of hydrogen-bond acceptors (Lipinski definition) is 6. The van der Waals surface area contributed by atoms with Gasteiger partial charge in [-0.1, -0.05) is 30.3 Å². The minimum Gasteiger partial charge on any atom is -0.454 e. The zero-order valence-corrected chi connectivity index (χ0v) is 14.4. The molecule has 0 aliphatic rings. The molecule has 3 aromatic rings. The van der Waals surface area contributed by atoms with E-state index in [4.69, 9.17) is 4.74 Å². The first kappa shape index (κ1) is 17.0. The van der Waals surface area contributed by atoms with Crippen LogP contribution >= 0.6 is 11.3 Å². The van der Waals surface area contributed by atoms with Gasteiger partial charge in [-0.15, -0.1) is 11.3 Å². The van der Waals surface area contributed by atoms with Gasteiger partial charge in [0.2, 0.25) is 5.78 Å². The van der Waals surface area contributed by atoms with E-state index in [1.54, 1.807) is 42.6 Å². The predicted molar refractivity (Wildman–Crippen MR) is 94.8 cm³/mol. The molecule has 7 heteroatoms. The van der Waals surface area contributed by atoms with Gasteiger partial charge in [0.1, 0.15) is 4.83 Å². The molecule has 1 atom stereocenters. The van der Waals surface area contributed by atoms with Crippen LogP contribution < -0.4 is 5.56 Å². The van der Waals surface area contributed by atoms with Gasteiger partial charge < -0.3 is 4.74 Å². The monoisotopic (exact) mass is 356 g/mol. The Balaban J connectivity index is 1.59. The van der Waals surface area contributed by atoms with E-state index in [2.05, 4.69) is 4.98 Å². The average Bonchev–Trinajstić information content (AvgIpc) is 3.11. The maximum absolute atomic E-state index is 12.2. The molecule has 0 spiro atoms. The highest BCUT2D eigenvalue weighted by molar-refractivity contribution is 7.16. The number of ketones is 1. The number of nitrogens with zero attached hydrogens (tertiary/aromatic N) is 2. The molecular formula is C18H16N2O4S. The van der Waals surface area contributed by atoms with Crippen molar-refractivity contribution in [2.24, 2.45) is 0 Å². The van der Waals surface area contributed by atoms with Crippen LogP contribution in [0.3, 0.4) is 0 Å². The van der Waals surface area contributed by atoms with E-state index in [0.717, 1.165) is 0 Å². The number of fused-ring (bicyclic) bond motifs is 1. The molecule has 0 saturated heterocycles. The molecule has 1 aromatic carbocycles. The molecule has 0 N–H and O–H groups in total. The van der Waals surface area contributed by atoms with Gasteiger partial charge in [-0.05, 0) is 18.4 Å². The van der Waals surface area contributed by atoms with E-state index in [1.165, 1.54) is 22.2 Å². The fourth-order valence-electron chi connectivity index (χ4n) is 2.41. The van der Waals surface area contributed by atoms with Gasteiger partial charge in [-0.2, -0.15) is 0 Å². The second-order valence-electron chi connectivity index (χ2n) is 5.49. The first-order valence-corrected chi connectivity index (χ1v) is 8.65. The molecule has 1 unspecified atom stereocenters. The Kier molecular flexibility index (Phi) is 5.04. The van der Waals surface area contributed by atoms with E-state index in [0.29, 0.717) is 15.8 Å². The smallest absolute Gasteiger partial charge is 0.308 e. The number of carbonyl (C=O) groups is 2. The second-order valence-corrected chi connectivity index (χ2v) is 6.39. The summed E-state index contributed by atoms with van der Waals surface area (Å²) in [5.74, 6) is -0.790. The molecule has 0 aliphatic heterocycles. The van der Waals surface area contributed by atoms with Gasteiger partial charge in [0.05, 0.1) is 18.1 Å². The van der Waals surface area contributed by atoms with E-state index in [-0.39, 0.29) is 24.3 Å². The van der Waals surface area contributed by atoms with Crippen molar-refractivity contribution in [2.75, 3.05) is 0 Å². The minimum atomic E-state index is -0.871. The Labute approximate surface area is 147 Å². The Morgan fingerprint density at radius 1 is 1.24 bits per heavy atom. The van der Waals surface area contributed by atoms with Crippen molar-refractivity contribution in [3.8, 4) is 0 Å². The predicted octanol–water partition coefficient (Wildman–Crippen LogP) is 2.66. The summed E-state index contributed by atoms with van der Waals surface area (Å²) in [6.07, 6.45) is 0.542. The molecule has 2 heterocycles. The zero-order chi connectivity index (χ0) is 17.8. The summed E-state index contributed by atoms with van der Waals surface area (Å²) in [6, 6.07) is 10.4. The van der Waals surface area contributed by atoms with Crippen LogP contribution in [0.1, 0.15) is 23.7 Å². The highest BCUT2D eigenvalue weighted by Crippen LogP contribution is 2.13. The van der Waals surface area contributed by atoms with Crippen molar-refractivity contribution in [1.82, 2.24) is 9.55 Å². The zero-order valence-electron chi connectivity index (χ0n) is 13.5. The SMILES string of the molecule is CC(OC(=O)CCn1cnc2sccc2c1=O)C(=O)c1ccccc1. The summed E-state index contributed by atoms with van der Waals surface area (Å²) in [6.45, 7) is 1.70. The van der Waals surface area contributed by atoms with Gasteiger partial charge in [-0.25, -0.2) is 4.98 Å². The van der Waals surface area contributed by atoms with Gasteiger partial charge >= 0.3 is 5.97 Å². The number of carbonyl (C=O) groups excluding carboxylic acids is 2. The van der Waals surface area contributed by atoms with Crippen LogP contribution in [-0.4, -0.2) is 27.4 Å². The standard InChI is InChI=1S/C18H16N2O4S/c1-12(16(22)13-5-3-2-4-6-13)24-15(21)7-9-20-11-19-17-14(18(20)23)8-10-25-17/h2-6,8,10-12H,7,9H2,1H3. The fraction of sp³-hybridized carbons (Fsp3) is 0.222. The molecular weight excluding hydrogens is 340 g/mol. The summed E-state index contributed by atoms with van der Waals surface area (Å²) in [5, 5.41) is 2.34. The maximum Gasteiger partial charge on any atom is 0.308 e. The quantitative estimate of drug-likeness (QED) is 0.501. The fourth-order valence-corrected chi connectivity index (χ4v) is 3.13. The maximum atomic E-state index is 12.2. The first-order chi connectivity index (χ1) is 12.1. The average molecular weight is 356 g/mol. The Hall–Kier alpha value is -2.80. The lowest BCUT2D eigenvalue weighted by Crippen LogP contribution is -2.26. The highest BCUT2D eigenvalue weighted by atomic mass is 32.1. The van der Waals surface area contributed by atoms with Crippen molar-refractivity contribution in [2.45, 2.75) is 26.0 Å². The number of esters is 1. The highest BCUT2D eigenvalue weighted by Gasteiger charge is 2.19. The third-order valence-corrected chi connectivity index (χ3v) is 4.56. The van der Waals surface area contributed by atoms with Crippen LogP contribution in [-0.2, 0) is 16.1 Å². The third kappa shape index (κ3) is 3.83. The molecule has 2 aromatic heterocycles. The number of thiophene rings is 1. The van der Waals surface area contributed by atoms with E-state index >= 15 is 0 Å². The summed E-state index contributed by atoms with van der Waals surface area (Å²) >= 11 is 1.39. The molecule has 0 radical (unpaired) electrons. The van der Waals surface area contributed by atoms with Crippen molar-refractivity contribution < 1.29 is 14.3 Å². The topological polar surface area (TPSA) is 78.3 Å². The van der Waals surface area contributed by atoms with Crippen LogP contribution in [0, 0.1) is 0 Å². The third-order valence-electron chi connectivity index (χ3n) is 3.74. The Morgan fingerprint density at radius 2 is 2.00 bits per heavy atom. The summed E-state index contributed by atoms with van der Waals surface area (Å²) in [7, 11) is 0. The van der Waals surface area contributed by atoms with Gasteiger partial charge in [0.25, 0.3) is 5.56 Å². The molecule has 6 nitrogen and oxygen atoms in total. The number of benzene rings is 1. The van der Waals surface area contributed by atoms with Crippen LogP contribution in [0.2, 0.25) is 0 Å². The van der Waals surface area contributed by atoms with E-state index < -0.39 is 12.1 Å². The lowest BCUT2D eigenvalue weighted by molar-refractivity contribution is -0.146. The molecule has 0 bridgehead atoms. The van der Waals surface area contributed by atoms with Crippen LogP contribution in [0.25, 0.3) is 10.2 Å². The molecule has 3 rings (SSSR count). The summed E-state index contributed by atoms with van der Waals surface area (Å²) in [4.78, 5) is 41.3. The van der Waals surface area contributed by atoms with Crippen molar-refractivity contribution in [3.05, 3.63) is 64.0 Å². The van der Waals surface area contributed by atoms with E-state index in [9.17, 15) is 14.4 Å². The van der Waals surface area contributed by atoms with Crippen molar-refractivity contribution >= 4 is 33.3 Å². The van der Waals surface area contributed by atoms with Crippen LogP contribution in [0.5, 0.6) is 0 Å². The number of aromatic nitrogens is 2. The Morgan fingerprint density at radius 3 is 2.76 bits per heavy atom. The largest absolute Gasteiger partial charge is 0.454 e. The normalized spacial score (nSPS) is 12.0. The molecule has 0 amide bonds. The molecule has 25 heavy (non-hydrogen) atoms. The lowest BCUT2D eigenvalue weighted by atomic mass is 10.1. The molecule has 128 valence electrons. The second kappa shape index (κ2) is 7.40. The minimum absolute atomic E-state index is 0.0103. The lowest BCUT2D eigenvalue weighted by Gasteiger charge is -2.12.